The van der Waals surface area contributed by atoms with Crippen LogP contribution in [-0.4, -0.2) is 44.2 Å². The molecule has 0 radical (unpaired) electrons. The van der Waals surface area contributed by atoms with Crippen molar-refractivity contribution in [3.05, 3.63) is 18.2 Å². The number of aromatic nitrogens is 2. The number of aryl methyl sites for hydroxylation is 1. The zero-order chi connectivity index (χ0) is 13.9. The van der Waals surface area contributed by atoms with E-state index in [1.165, 1.54) is 0 Å². The van der Waals surface area contributed by atoms with Crippen molar-refractivity contribution in [1.29, 1.82) is 0 Å². The van der Waals surface area contributed by atoms with Gasteiger partial charge in [0.05, 0.1) is 5.60 Å². The summed E-state index contributed by atoms with van der Waals surface area (Å²) in [6.07, 6.45) is 6.70. The van der Waals surface area contributed by atoms with Gasteiger partial charge in [-0.05, 0) is 26.2 Å². The highest BCUT2D eigenvalue weighted by Gasteiger charge is 2.27. The van der Waals surface area contributed by atoms with Crippen LogP contribution in [-0.2, 0) is 17.8 Å². The number of rotatable bonds is 3. The molecule has 1 amide bonds. The number of nitrogens with zero attached hydrogens (tertiary/aromatic N) is 3. The Hall–Kier alpha value is -1.36. The zero-order valence-corrected chi connectivity index (χ0v) is 11.8. The van der Waals surface area contributed by atoms with Gasteiger partial charge in [-0.1, -0.05) is 6.92 Å². The first-order valence-electron chi connectivity index (χ1n) is 7.02. The number of aliphatic hydroxyl groups is 1. The fourth-order valence-electron chi connectivity index (χ4n) is 2.56. The molecule has 0 unspecified atom stereocenters. The number of imidazole rings is 1. The van der Waals surface area contributed by atoms with E-state index in [1.807, 2.05) is 29.5 Å². The van der Waals surface area contributed by atoms with Gasteiger partial charge < -0.3 is 14.6 Å². The van der Waals surface area contributed by atoms with Crippen molar-refractivity contribution < 1.29 is 9.90 Å². The largest absolute Gasteiger partial charge is 0.390 e. The van der Waals surface area contributed by atoms with E-state index in [9.17, 15) is 9.90 Å². The molecule has 1 aromatic rings. The minimum Gasteiger partial charge on any atom is -0.390 e. The second-order valence-corrected chi connectivity index (χ2v) is 5.56. The first-order chi connectivity index (χ1) is 9.02. The summed E-state index contributed by atoms with van der Waals surface area (Å²) in [5, 5.41) is 10.0. The van der Waals surface area contributed by atoms with Crippen molar-refractivity contribution >= 4 is 5.91 Å². The van der Waals surface area contributed by atoms with Crippen LogP contribution in [0.2, 0.25) is 0 Å². The molecule has 2 rings (SSSR count). The quantitative estimate of drug-likeness (QED) is 0.893. The maximum atomic E-state index is 12.3. The van der Waals surface area contributed by atoms with E-state index >= 15 is 0 Å². The fourth-order valence-corrected chi connectivity index (χ4v) is 2.56. The molecule has 5 heteroatoms. The van der Waals surface area contributed by atoms with Crippen molar-refractivity contribution in [2.45, 2.75) is 51.7 Å². The second kappa shape index (κ2) is 5.74. The third-order valence-corrected chi connectivity index (χ3v) is 3.84. The van der Waals surface area contributed by atoms with Gasteiger partial charge in [-0.2, -0.15) is 0 Å². The van der Waals surface area contributed by atoms with Gasteiger partial charge in [0, 0.05) is 31.9 Å². The van der Waals surface area contributed by atoms with Gasteiger partial charge in [-0.3, -0.25) is 4.79 Å². The number of likely N-dealkylation sites (tertiary alicyclic amines) is 1. The van der Waals surface area contributed by atoms with E-state index in [-0.39, 0.29) is 5.91 Å². The van der Waals surface area contributed by atoms with E-state index < -0.39 is 5.60 Å². The van der Waals surface area contributed by atoms with E-state index in [1.54, 1.807) is 6.20 Å². The third-order valence-electron chi connectivity index (χ3n) is 3.84. The molecule has 2 heterocycles. The van der Waals surface area contributed by atoms with E-state index in [0.29, 0.717) is 19.5 Å². The van der Waals surface area contributed by atoms with E-state index in [4.69, 9.17) is 0 Å². The summed E-state index contributed by atoms with van der Waals surface area (Å²) in [5.74, 6) is 1.06. The van der Waals surface area contributed by atoms with E-state index in [2.05, 4.69) is 4.98 Å². The molecule has 0 aliphatic carbocycles. The Bertz CT molecular complexity index is 440. The molecular formula is C14H23N3O2. The molecule has 0 bridgehead atoms. The van der Waals surface area contributed by atoms with Crippen molar-refractivity contribution in [3.63, 3.8) is 0 Å². The molecule has 1 aliphatic rings. The lowest BCUT2D eigenvalue weighted by atomic mass is 9.98. The zero-order valence-electron chi connectivity index (χ0n) is 11.8. The minimum absolute atomic E-state index is 0.116. The highest BCUT2D eigenvalue weighted by molar-refractivity contribution is 5.76. The highest BCUT2D eigenvalue weighted by atomic mass is 16.3. The van der Waals surface area contributed by atoms with Crippen LogP contribution in [0.25, 0.3) is 0 Å². The Morgan fingerprint density at radius 1 is 1.47 bits per heavy atom. The predicted molar refractivity (Wildman–Crippen MR) is 72.7 cm³/mol. The van der Waals surface area contributed by atoms with Gasteiger partial charge in [0.25, 0.3) is 0 Å². The maximum Gasteiger partial charge on any atom is 0.242 e. The van der Waals surface area contributed by atoms with Crippen LogP contribution >= 0.6 is 0 Å². The van der Waals surface area contributed by atoms with Crippen molar-refractivity contribution in [2.75, 3.05) is 13.1 Å². The first-order valence-corrected chi connectivity index (χ1v) is 7.02. The SMILES string of the molecule is CCc1nccn1CC(=O)N1CCC[C@](C)(O)CC1. The topological polar surface area (TPSA) is 58.4 Å². The summed E-state index contributed by atoms with van der Waals surface area (Å²) >= 11 is 0. The molecule has 0 spiro atoms. The van der Waals surface area contributed by atoms with Gasteiger partial charge in [0.1, 0.15) is 12.4 Å². The molecule has 106 valence electrons. The van der Waals surface area contributed by atoms with Crippen LogP contribution < -0.4 is 0 Å². The summed E-state index contributed by atoms with van der Waals surface area (Å²) in [6.45, 7) is 5.62. The second-order valence-electron chi connectivity index (χ2n) is 5.56. The molecule has 0 aromatic carbocycles. The molecule has 19 heavy (non-hydrogen) atoms. The normalized spacial score (nSPS) is 24.3. The third kappa shape index (κ3) is 3.56. The number of carbonyl (C=O) groups is 1. The maximum absolute atomic E-state index is 12.3. The van der Waals surface area contributed by atoms with Crippen LogP contribution in [0.3, 0.4) is 0 Å². The fraction of sp³-hybridized carbons (Fsp3) is 0.714. The Morgan fingerprint density at radius 2 is 2.26 bits per heavy atom. The minimum atomic E-state index is -0.626. The Kier molecular flexibility index (Phi) is 4.24. The first kappa shape index (κ1) is 14.1. The van der Waals surface area contributed by atoms with Crippen LogP contribution in [0.15, 0.2) is 12.4 Å². The standard InChI is InChI=1S/C14H23N3O2/c1-3-12-15-7-10-17(12)11-13(18)16-8-4-5-14(2,19)6-9-16/h7,10,19H,3-6,8-9,11H2,1-2H3/t14-/m0/s1. The number of amides is 1. The van der Waals surface area contributed by atoms with Crippen LogP contribution in [0.5, 0.6) is 0 Å². The van der Waals surface area contributed by atoms with E-state index in [0.717, 1.165) is 31.6 Å². The number of carbonyl (C=O) groups excluding carboxylic acids is 1. The smallest absolute Gasteiger partial charge is 0.242 e. The van der Waals surface area contributed by atoms with Gasteiger partial charge in [-0.15, -0.1) is 0 Å². The summed E-state index contributed by atoms with van der Waals surface area (Å²) in [6, 6.07) is 0. The molecular weight excluding hydrogens is 242 g/mol. The van der Waals surface area contributed by atoms with Crippen LogP contribution in [0.1, 0.15) is 38.9 Å². The number of hydrogen-bond donors (Lipinski definition) is 1. The Labute approximate surface area is 114 Å². The molecule has 0 saturated carbocycles. The molecule has 1 aliphatic heterocycles. The number of hydrogen-bond acceptors (Lipinski definition) is 3. The Balaban J connectivity index is 1.96. The highest BCUT2D eigenvalue weighted by Crippen LogP contribution is 2.21. The van der Waals surface area contributed by atoms with Crippen LogP contribution in [0.4, 0.5) is 0 Å². The van der Waals surface area contributed by atoms with Crippen molar-refractivity contribution in [1.82, 2.24) is 14.5 Å². The average molecular weight is 265 g/mol. The molecule has 1 saturated heterocycles. The van der Waals surface area contributed by atoms with Gasteiger partial charge in [0.2, 0.25) is 5.91 Å². The molecule has 5 nitrogen and oxygen atoms in total. The summed E-state index contributed by atoms with van der Waals surface area (Å²) in [4.78, 5) is 18.4. The van der Waals surface area contributed by atoms with Gasteiger partial charge in [-0.25, -0.2) is 4.98 Å². The summed E-state index contributed by atoms with van der Waals surface area (Å²) in [7, 11) is 0. The lowest BCUT2D eigenvalue weighted by molar-refractivity contribution is -0.132. The molecule has 1 atom stereocenters. The molecule has 1 fully saturated rings. The summed E-state index contributed by atoms with van der Waals surface area (Å²) in [5.41, 5.74) is -0.626. The lowest BCUT2D eigenvalue weighted by Crippen LogP contribution is -2.36. The lowest BCUT2D eigenvalue weighted by Gasteiger charge is -2.23. The van der Waals surface area contributed by atoms with Gasteiger partial charge in [0.15, 0.2) is 0 Å². The monoisotopic (exact) mass is 265 g/mol. The Morgan fingerprint density at radius 3 is 3.00 bits per heavy atom. The van der Waals surface area contributed by atoms with Crippen molar-refractivity contribution in [3.8, 4) is 0 Å². The van der Waals surface area contributed by atoms with Crippen molar-refractivity contribution in [2.24, 2.45) is 0 Å². The summed E-state index contributed by atoms with van der Waals surface area (Å²) < 4.78 is 1.91. The molecule has 1 N–H and O–H groups in total. The molecule has 1 aromatic heterocycles. The van der Waals surface area contributed by atoms with Crippen LogP contribution in [0, 0.1) is 0 Å². The van der Waals surface area contributed by atoms with Gasteiger partial charge >= 0.3 is 0 Å². The average Bonchev–Trinajstić information content (AvgIpc) is 2.71. The predicted octanol–water partition coefficient (Wildman–Crippen LogP) is 1.21.